The van der Waals surface area contributed by atoms with Crippen molar-refractivity contribution in [2.45, 2.75) is 136 Å². The number of carbonyl (C=O) groups excluding carboxylic acids is 5. The molecule has 0 fully saturated rings. The smallest absolute Gasteiger partial charge is 0.262 e. The highest BCUT2D eigenvalue weighted by Crippen LogP contribution is 2.34. The zero-order valence-corrected chi connectivity index (χ0v) is 29.2. The molecular weight excluding hydrogens is 588 g/mol. The molecule has 0 radical (unpaired) electrons. The standard InChI is InChI=1S/C40H54N2O5/c1-6-7-8-9-12-15-18-27(2)28(3)19-16-13-10-11-14-17-24-40(4,5)42-38(46)32-23-21-30(26-34(32)39(42)47)35(43)29-20-22-31-33(25-29)37(45)41-36(31)44/h20-23,25-28H,6-19,24H2,1-5H3,(H,41,44,45). The van der Waals surface area contributed by atoms with E-state index in [1.165, 1.54) is 106 Å². The molecule has 0 aromatic heterocycles. The van der Waals surface area contributed by atoms with Crippen LogP contribution in [0, 0.1) is 11.8 Å². The first-order chi connectivity index (χ1) is 22.5. The van der Waals surface area contributed by atoms with Crippen molar-refractivity contribution in [2.75, 3.05) is 0 Å². The molecule has 2 aromatic carbocycles. The molecule has 0 aliphatic carbocycles. The summed E-state index contributed by atoms with van der Waals surface area (Å²) in [6, 6.07) is 8.90. The van der Waals surface area contributed by atoms with Gasteiger partial charge in [0.1, 0.15) is 0 Å². The first-order valence-electron chi connectivity index (χ1n) is 18.0. The molecule has 1 N–H and O–H groups in total. The van der Waals surface area contributed by atoms with Gasteiger partial charge in [0.05, 0.1) is 22.3 Å². The molecule has 254 valence electrons. The number of amides is 4. The minimum atomic E-state index is -0.654. The number of fused-ring (bicyclic) bond motifs is 2. The van der Waals surface area contributed by atoms with Crippen molar-refractivity contribution >= 4 is 29.4 Å². The van der Waals surface area contributed by atoms with Crippen LogP contribution in [0.15, 0.2) is 36.4 Å². The summed E-state index contributed by atoms with van der Waals surface area (Å²) in [5.41, 5.74) is 0.726. The van der Waals surface area contributed by atoms with Gasteiger partial charge < -0.3 is 0 Å². The van der Waals surface area contributed by atoms with E-state index in [9.17, 15) is 24.0 Å². The van der Waals surface area contributed by atoms with Crippen LogP contribution in [0.1, 0.15) is 188 Å². The molecule has 0 bridgehead atoms. The highest BCUT2D eigenvalue weighted by atomic mass is 16.2. The van der Waals surface area contributed by atoms with Gasteiger partial charge in [0.15, 0.2) is 5.78 Å². The molecule has 2 unspecified atom stereocenters. The Morgan fingerprint density at radius 1 is 0.638 bits per heavy atom. The van der Waals surface area contributed by atoms with Gasteiger partial charge in [0.2, 0.25) is 0 Å². The molecule has 2 atom stereocenters. The Hall–Kier alpha value is -3.61. The number of nitrogens with one attached hydrogen (secondary N) is 1. The average molecular weight is 643 g/mol. The second-order valence-electron chi connectivity index (χ2n) is 14.6. The Morgan fingerprint density at radius 3 is 1.70 bits per heavy atom. The molecule has 0 spiro atoms. The maximum absolute atomic E-state index is 13.5. The van der Waals surface area contributed by atoms with Crippen LogP contribution in [0.5, 0.6) is 0 Å². The minimum absolute atomic E-state index is 0.152. The summed E-state index contributed by atoms with van der Waals surface area (Å²) in [6.45, 7) is 11.0. The van der Waals surface area contributed by atoms with Crippen molar-refractivity contribution in [3.63, 3.8) is 0 Å². The monoisotopic (exact) mass is 642 g/mol. The van der Waals surface area contributed by atoms with Crippen LogP contribution in [0.3, 0.4) is 0 Å². The summed E-state index contributed by atoms with van der Waals surface area (Å²) in [6.07, 6.45) is 18.5. The van der Waals surface area contributed by atoms with Gasteiger partial charge in [-0.05, 0) is 56.4 Å². The summed E-state index contributed by atoms with van der Waals surface area (Å²) in [5.74, 6) is -0.546. The molecule has 7 heteroatoms. The van der Waals surface area contributed by atoms with E-state index >= 15 is 0 Å². The predicted octanol–water partition coefficient (Wildman–Crippen LogP) is 9.32. The van der Waals surface area contributed by atoms with Gasteiger partial charge in [-0.2, -0.15) is 0 Å². The molecule has 4 amide bonds. The molecule has 2 heterocycles. The zero-order chi connectivity index (χ0) is 34.1. The maximum Gasteiger partial charge on any atom is 0.262 e. The van der Waals surface area contributed by atoms with Gasteiger partial charge in [-0.15, -0.1) is 0 Å². The third-order valence-corrected chi connectivity index (χ3v) is 10.4. The summed E-state index contributed by atoms with van der Waals surface area (Å²) in [5, 5.41) is 2.22. The average Bonchev–Trinajstić information content (AvgIpc) is 3.49. The van der Waals surface area contributed by atoms with Crippen molar-refractivity contribution in [3.8, 4) is 0 Å². The van der Waals surface area contributed by atoms with Gasteiger partial charge in [-0.3, -0.25) is 34.2 Å². The van der Waals surface area contributed by atoms with Gasteiger partial charge in [0.25, 0.3) is 23.6 Å². The van der Waals surface area contributed by atoms with Crippen LogP contribution in [-0.2, 0) is 0 Å². The number of hydrogen-bond acceptors (Lipinski definition) is 5. The third kappa shape index (κ3) is 8.85. The third-order valence-electron chi connectivity index (χ3n) is 10.4. The number of carbonyl (C=O) groups is 5. The van der Waals surface area contributed by atoms with Crippen molar-refractivity contribution in [1.82, 2.24) is 10.2 Å². The lowest BCUT2D eigenvalue weighted by Crippen LogP contribution is -2.47. The predicted molar refractivity (Wildman–Crippen MR) is 186 cm³/mol. The SMILES string of the molecule is CCCCCCCCC(C)C(C)CCCCCCCCC(C)(C)N1C(=O)c2ccc(C(=O)c3ccc4c(c3)C(=O)NC4=O)cc2C1=O. The highest BCUT2D eigenvalue weighted by molar-refractivity contribution is 6.24. The fourth-order valence-electron chi connectivity index (χ4n) is 7.07. The number of nitrogens with zero attached hydrogens (tertiary/aromatic N) is 1. The van der Waals surface area contributed by atoms with Crippen molar-refractivity contribution < 1.29 is 24.0 Å². The maximum atomic E-state index is 13.5. The van der Waals surface area contributed by atoms with Crippen molar-refractivity contribution in [2.24, 2.45) is 11.8 Å². The molecule has 0 saturated heterocycles. The Kier molecular flexibility index (Phi) is 12.7. The van der Waals surface area contributed by atoms with E-state index in [0.717, 1.165) is 31.1 Å². The van der Waals surface area contributed by atoms with E-state index in [1.54, 1.807) is 6.07 Å². The number of imide groups is 2. The summed E-state index contributed by atoms with van der Waals surface area (Å²) < 4.78 is 0. The first kappa shape index (κ1) is 36.2. The van der Waals surface area contributed by atoms with Crippen molar-refractivity contribution in [1.29, 1.82) is 0 Å². The van der Waals surface area contributed by atoms with E-state index in [0.29, 0.717) is 12.0 Å². The van der Waals surface area contributed by atoms with Crippen LogP contribution in [0.4, 0.5) is 0 Å². The summed E-state index contributed by atoms with van der Waals surface area (Å²) >= 11 is 0. The second-order valence-corrected chi connectivity index (χ2v) is 14.6. The van der Waals surface area contributed by atoms with Crippen LogP contribution in [-0.4, -0.2) is 39.9 Å². The Bertz CT molecular complexity index is 1470. The van der Waals surface area contributed by atoms with E-state index in [2.05, 4.69) is 26.1 Å². The largest absolute Gasteiger partial charge is 0.289 e. The Balaban J connectivity index is 1.20. The molecule has 7 nitrogen and oxygen atoms in total. The normalized spacial score (nSPS) is 15.6. The van der Waals surface area contributed by atoms with Gasteiger partial charge >= 0.3 is 0 Å². The molecule has 0 saturated carbocycles. The van der Waals surface area contributed by atoms with E-state index in [-0.39, 0.29) is 39.6 Å². The van der Waals surface area contributed by atoms with Crippen molar-refractivity contribution in [3.05, 3.63) is 69.8 Å². The molecule has 2 aliphatic rings. The summed E-state index contributed by atoms with van der Waals surface area (Å²) in [7, 11) is 0. The van der Waals surface area contributed by atoms with Crippen LogP contribution in [0.2, 0.25) is 0 Å². The Morgan fingerprint density at radius 2 is 1.11 bits per heavy atom. The van der Waals surface area contributed by atoms with Crippen LogP contribution in [0.25, 0.3) is 0 Å². The lowest BCUT2D eigenvalue weighted by Gasteiger charge is -2.34. The lowest BCUT2D eigenvalue weighted by molar-refractivity contribution is 0.0461. The van der Waals surface area contributed by atoms with Crippen LogP contribution < -0.4 is 5.32 Å². The minimum Gasteiger partial charge on any atom is -0.289 e. The number of benzene rings is 2. The number of hydrogen-bond donors (Lipinski definition) is 1. The Labute approximate surface area is 281 Å². The topological polar surface area (TPSA) is 101 Å². The molecule has 2 aliphatic heterocycles. The summed E-state index contributed by atoms with van der Waals surface area (Å²) in [4.78, 5) is 65.5. The lowest BCUT2D eigenvalue weighted by atomic mass is 9.86. The molecule has 4 rings (SSSR count). The molecule has 47 heavy (non-hydrogen) atoms. The van der Waals surface area contributed by atoms with E-state index in [4.69, 9.17) is 0 Å². The highest BCUT2D eigenvalue weighted by Gasteiger charge is 2.44. The molecular formula is C40H54N2O5. The van der Waals surface area contributed by atoms with Crippen LogP contribution >= 0.6 is 0 Å². The number of ketones is 1. The van der Waals surface area contributed by atoms with Gasteiger partial charge in [0, 0.05) is 16.7 Å². The molecule has 2 aromatic rings. The zero-order valence-electron chi connectivity index (χ0n) is 29.2. The van der Waals surface area contributed by atoms with E-state index < -0.39 is 23.1 Å². The van der Waals surface area contributed by atoms with E-state index in [1.807, 2.05) is 13.8 Å². The van der Waals surface area contributed by atoms with Gasteiger partial charge in [-0.1, -0.05) is 123 Å². The number of rotatable bonds is 20. The fraction of sp³-hybridized carbons (Fsp3) is 0.575. The first-order valence-corrected chi connectivity index (χ1v) is 18.0. The van der Waals surface area contributed by atoms with Gasteiger partial charge in [-0.25, -0.2) is 0 Å². The number of unbranched alkanes of at least 4 members (excludes halogenated alkanes) is 10. The second kappa shape index (κ2) is 16.5. The quantitative estimate of drug-likeness (QED) is 0.0881. The fourth-order valence-corrected chi connectivity index (χ4v) is 7.07.